The van der Waals surface area contributed by atoms with E-state index in [0.29, 0.717) is 18.3 Å². The van der Waals surface area contributed by atoms with E-state index in [1.54, 1.807) is 6.20 Å². The zero-order chi connectivity index (χ0) is 16.2. The average Bonchev–Trinajstić information content (AvgIpc) is 3.00. The molecule has 5 heteroatoms. The zero-order valence-electron chi connectivity index (χ0n) is 13.7. The van der Waals surface area contributed by atoms with E-state index in [-0.39, 0.29) is 5.91 Å². The summed E-state index contributed by atoms with van der Waals surface area (Å²) in [5, 5.41) is 0. The molecular formula is C18H23N3O2. The third-order valence-electron chi connectivity index (χ3n) is 4.22. The molecule has 0 bridgehead atoms. The number of benzene rings is 1. The number of hydrogen-bond acceptors (Lipinski definition) is 3. The molecule has 1 aromatic carbocycles. The first-order valence-electron chi connectivity index (χ1n) is 8.12. The average molecular weight is 313 g/mol. The number of H-pyrrole nitrogens is 1. The van der Waals surface area contributed by atoms with E-state index in [1.807, 2.05) is 36.1 Å². The van der Waals surface area contributed by atoms with Gasteiger partial charge in [-0.2, -0.15) is 0 Å². The van der Waals surface area contributed by atoms with E-state index in [0.717, 1.165) is 37.4 Å². The Kier molecular flexibility index (Phi) is 4.65. The molecule has 1 aromatic heterocycles. The van der Waals surface area contributed by atoms with E-state index in [9.17, 15) is 4.79 Å². The number of aromatic nitrogens is 2. The van der Waals surface area contributed by atoms with Crippen LogP contribution in [0.15, 0.2) is 30.5 Å². The van der Waals surface area contributed by atoms with Gasteiger partial charge in [0.2, 0.25) is 0 Å². The van der Waals surface area contributed by atoms with E-state index in [4.69, 9.17) is 4.74 Å². The molecule has 1 saturated heterocycles. The Morgan fingerprint density at radius 2 is 2.13 bits per heavy atom. The number of hydrogen-bond donors (Lipinski definition) is 1. The lowest BCUT2D eigenvalue weighted by molar-refractivity contribution is 0.0622. The topological polar surface area (TPSA) is 58.2 Å². The molecule has 1 fully saturated rings. The van der Waals surface area contributed by atoms with Gasteiger partial charge in [-0.05, 0) is 38.8 Å². The summed E-state index contributed by atoms with van der Waals surface area (Å²) in [6, 6.07) is 8.08. The van der Waals surface area contributed by atoms with Gasteiger partial charge < -0.3 is 14.6 Å². The van der Waals surface area contributed by atoms with Crippen molar-refractivity contribution in [2.24, 2.45) is 5.92 Å². The van der Waals surface area contributed by atoms with E-state index >= 15 is 0 Å². The van der Waals surface area contributed by atoms with Gasteiger partial charge in [0.15, 0.2) is 5.82 Å². The third kappa shape index (κ3) is 3.92. The maximum Gasteiger partial charge on any atom is 0.289 e. The van der Waals surface area contributed by atoms with Crippen LogP contribution in [0.2, 0.25) is 0 Å². The van der Waals surface area contributed by atoms with Crippen LogP contribution in [0.5, 0.6) is 5.75 Å². The number of likely N-dealkylation sites (tertiary alicyclic amines) is 1. The number of piperidine rings is 1. The van der Waals surface area contributed by atoms with Crippen LogP contribution >= 0.6 is 0 Å². The van der Waals surface area contributed by atoms with Crippen molar-refractivity contribution >= 4 is 5.91 Å². The van der Waals surface area contributed by atoms with Gasteiger partial charge in [0, 0.05) is 30.9 Å². The number of carbonyl (C=O) groups excluding carboxylic acids is 1. The number of imidazole rings is 1. The second-order valence-corrected chi connectivity index (χ2v) is 6.30. The minimum absolute atomic E-state index is 0.0156. The summed E-state index contributed by atoms with van der Waals surface area (Å²) in [6.45, 7) is 6.12. The monoisotopic (exact) mass is 313 g/mol. The largest absolute Gasteiger partial charge is 0.493 e. The molecule has 0 radical (unpaired) electrons. The quantitative estimate of drug-likeness (QED) is 0.944. The van der Waals surface area contributed by atoms with Gasteiger partial charge >= 0.3 is 0 Å². The van der Waals surface area contributed by atoms with Crippen LogP contribution in [0.25, 0.3) is 0 Å². The second kappa shape index (κ2) is 6.86. The molecule has 5 nitrogen and oxygen atoms in total. The van der Waals surface area contributed by atoms with Crippen molar-refractivity contribution < 1.29 is 9.53 Å². The second-order valence-electron chi connectivity index (χ2n) is 6.30. The number of aryl methyl sites for hydroxylation is 2. The van der Waals surface area contributed by atoms with Crippen molar-refractivity contribution in [2.45, 2.75) is 26.7 Å². The lowest BCUT2D eigenvalue weighted by atomic mass is 9.99. The van der Waals surface area contributed by atoms with Crippen LogP contribution in [-0.4, -0.2) is 40.5 Å². The number of nitrogens with zero attached hydrogens (tertiary/aromatic N) is 2. The normalized spacial score (nSPS) is 18.0. The number of rotatable bonds is 4. The van der Waals surface area contributed by atoms with Gasteiger partial charge in [-0.25, -0.2) is 4.98 Å². The van der Waals surface area contributed by atoms with Crippen molar-refractivity contribution in [3.63, 3.8) is 0 Å². The van der Waals surface area contributed by atoms with Crippen molar-refractivity contribution in [3.8, 4) is 5.75 Å². The fourth-order valence-electron chi connectivity index (χ4n) is 2.91. The lowest BCUT2D eigenvalue weighted by Crippen LogP contribution is -2.42. The van der Waals surface area contributed by atoms with Crippen LogP contribution < -0.4 is 4.74 Å². The fraction of sp³-hybridized carbons (Fsp3) is 0.444. The zero-order valence-corrected chi connectivity index (χ0v) is 13.7. The summed E-state index contributed by atoms with van der Waals surface area (Å²) in [5.41, 5.74) is 2.13. The molecule has 23 heavy (non-hydrogen) atoms. The van der Waals surface area contributed by atoms with Crippen LogP contribution in [-0.2, 0) is 0 Å². The first-order valence-corrected chi connectivity index (χ1v) is 8.12. The fourth-order valence-corrected chi connectivity index (χ4v) is 2.91. The van der Waals surface area contributed by atoms with Gasteiger partial charge in [0.05, 0.1) is 6.61 Å². The molecule has 0 saturated carbocycles. The third-order valence-corrected chi connectivity index (χ3v) is 4.22. The Morgan fingerprint density at radius 1 is 1.35 bits per heavy atom. The molecule has 1 aliphatic heterocycles. The minimum atomic E-state index is -0.0156. The van der Waals surface area contributed by atoms with Crippen molar-refractivity contribution in [1.82, 2.24) is 14.9 Å². The molecular weight excluding hydrogens is 290 g/mol. The first kappa shape index (κ1) is 15.6. The molecule has 1 atom stereocenters. The lowest BCUT2D eigenvalue weighted by Gasteiger charge is -2.32. The highest BCUT2D eigenvalue weighted by Crippen LogP contribution is 2.20. The number of amides is 1. The van der Waals surface area contributed by atoms with Gasteiger partial charge in [0.25, 0.3) is 5.91 Å². The van der Waals surface area contributed by atoms with Gasteiger partial charge in [-0.1, -0.05) is 17.7 Å². The molecule has 0 aliphatic carbocycles. The van der Waals surface area contributed by atoms with E-state index < -0.39 is 0 Å². The Hall–Kier alpha value is -2.30. The predicted octanol–water partition coefficient (Wildman–Crippen LogP) is 2.96. The maximum atomic E-state index is 12.5. The summed E-state index contributed by atoms with van der Waals surface area (Å²) in [6.07, 6.45) is 3.79. The van der Waals surface area contributed by atoms with E-state index in [1.165, 1.54) is 5.56 Å². The van der Waals surface area contributed by atoms with Crippen molar-refractivity contribution in [2.75, 3.05) is 19.7 Å². The molecule has 1 amide bonds. The SMILES string of the molecule is Cc1ccc(OCC2CCCN(C(=O)c3ncc(C)[nH]3)C2)cc1. The standard InChI is InChI=1S/C18H23N3O2/c1-13-5-7-16(8-6-13)23-12-15-4-3-9-21(11-15)18(22)17-19-10-14(2)20-17/h5-8,10,15H,3-4,9,11-12H2,1-2H3,(H,19,20). The minimum Gasteiger partial charge on any atom is -0.493 e. The number of ether oxygens (including phenoxy) is 1. The van der Waals surface area contributed by atoms with Crippen LogP contribution in [0.3, 0.4) is 0 Å². The van der Waals surface area contributed by atoms with Crippen LogP contribution in [0.1, 0.15) is 34.7 Å². The molecule has 2 aromatic rings. The Balaban J connectivity index is 1.55. The summed E-state index contributed by atoms with van der Waals surface area (Å²) >= 11 is 0. The molecule has 2 heterocycles. The Morgan fingerprint density at radius 3 is 2.83 bits per heavy atom. The van der Waals surface area contributed by atoms with Gasteiger partial charge in [-0.15, -0.1) is 0 Å². The van der Waals surface area contributed by atoms with Crippen LogP contribution in [0, 0.1) is 19.8 Å². The molecule has 122 valence electrons. The first-order chi connectivity index (χ1) is 11.1. The van der Waals surface area contributed by atoms with Crippen molar-refractivity contribution in [1.29, 1.82) is 0 Å². The summed E-state index contributed by atoms with van der Waals surface area (Å²) in [7, 11) is 0. The van der Waals surface area contributed by atoms with Crippen LogP contribution in [0.4, 0.5) is 0 Å². The molecule has 1 N–H and O–H groups in total. The summed E-state index contributed by atoms with van der Waals surface area (Å²) < 4.78 is 5.88. The molecule has 3 rings (SSSR count). The summed E-state index contributed by atoms with van der Waals surface area (Å²) in [5.74, 6) is 1.67. The number of carbonyl (C=O) groups is 1. The number of nitrogens with one attached hydrogen (secondary N) is 1. The smallest absolute Gasteiger partial charge is 0.289 e. The Labute approximate surface area is 136 Å². The molecule has 0 spiro atoms. The number of aromatic amines is 1. The van der Waals surface area contributed by atoms with Gasteiger partial charge in [0.1, 0.15) is 5.75 Å². The van der Waals surface area contributed by atoms with Crippen molar-refractivity contribution in [3.05, 3.63) is 47.5 Å². The summed E-state index contributed by atoms with van der Waals surface area (Å²) in [4.78, 5) is 21.5. The molecule has 1 unspecified atom stereocenters. The maximum absolute atomic E-state index is 12.5. The highest BCUT2D eigenvalue weighted by Gasteiger charge is 2.26. The predicted molar refractivity (Wildman–Crippen MR) is 88.6 cm³/mol. The molecule has 1 aliphatic rings. The van der Waals surface area contributed by atoms with E-state index in [2.05, 4.69) is 16.9 Å². The van der Waals surface area contributed by atoms with Gasteiger partial charge in [-0.3, -0.25) is 4.79 Å². The Bertz CT molecular complexity index is 663. The highest BCUT2D eigenvalue weighted by molar-refractivity contribution is 5.90. The highest BCUT2D eigenvalue weighted by atomic mass is 16.5.